The first kappa shape index (κ1) is 11.8. The zero-order valence-corrected chi connectivity index (χ0v) is 9.12. The lowest BCUT2D eigenvalue weighted by Crippen LogP contribution is -2.46. The van der Waals surface area contributed by atoms with E-state index in [1.54, 1.807) is 20.9 Å². The second-order valence-electron chi connectivity index (χ2n) is 3.88. The minimum atomic E-state index is -0.726. The minimum absolute atomic E-state index is 0.0860. The van der Waals surface area contributed by atoms with Crippen molar-refractivity contribution in [3.63, 3.8) is 0 Å². The van der Waals surface area contributed by atoms with E-state index in [1.165, 1.54) is 0 Å². The molecule has 1 aliphatic heterocycles. The van der Waals surface area contributed by atoms with Crippen molar-refractivity contribution in [3.05, 3.63) is 0 Å². The van der Waals surface area contributed by atoms with Crippen LogP contribution >= 0.6 is 0 Å². The molecule has 0 aromatic heterocycles. The number of rotatable bonds is 4. The summed E-state index contributed by atoms with van der Waals surface area (Å²) in [7, 11) is 1.68. The van der Waals surface area contributed by atoms with Crippen LogP contribution in [0.5, 0.6) is 0 Å². The minimum Gasteiger partial charge on any atom is -0.460 e. The predicted molar refractivity (Wildman–Crippen MR) is 52.4 cm³/mol. The largest absolute Gasteiger partial charge is 0.460 e. The number of ether oxygens (including phenoxy) is 2. The molecule has 15 heavy (non-hydrogen) atoms. The number of carbonyl (C=O) groups excluding carboxylic acids is 2. The van der Waals surface area contributed by atoms with Crippen LogP contribution in [0.25, 0.3) is 0 Å². The fourth-order valence-electron chi connectivity index (χ4n) is 0.976. The van der Waals surface area contributed by atoms with E-state index in [0.29, 0.717) is 6.54 Å². The van der Waals surface area contributed by atoms with Gasteiger partial charge in [-0.3, -0.25) is 4.79 Å². The predicted octanol–water partition coefficient (Wildman–Crippen LogP) is -0.364. The Kier molecular flexibility index (Phi) is 3.52. The Morgan fingerprint density at radius 3 is 2.87 bits per heavy atom. The molecule has 1 rings (SSSR count). The van der Waals surface area contributed by atoms with Crippen LogP contribution in [-0.4, -0.2) is 43.9 Å². The number of esters is 1. The van der Waals surface area contributed by atoms with Crippen LogP contribution in [-0.2, 0) is 14.3 Å². The van der Waals surface area contributed by atoms with Gasteiger partial charge < -0.3 is 20.1 Å². The molecule has 0 unspecified atom stereocenters. The third-order valence-electron chi connectivity index (χ3n) is 2.28. The van der Waals surface area contributed by atoms with Gasteiger partial charge in [-0.1, -0.05) is 0 Å². The summed E-state index contributed by atoms with van der Waals surface area (Å²) in [6, 6.07) is 0. The van der Waals surface area contributed by atoms with E-state index >= 15 is 0 Å². The summed E-state index contributed by atoms with van der Waals surface area (Å²) in [5.74, 6) is -0.368. The van der Waals surface area contributed by atoms with E-state index in [4.69, 9.17) is 9.47 Å². The van der Waals surface area contributed by atoms with E-state index in [0.717, 1.165) is 0 Å². The summed E-state index contributed by atoms with van der Waals surface area (Å²) in [5, 5.41) is 5.31. The average Bonchev–Trinajstić information content (AvgIpc) is 2.60. The molecule has 6 nitrogen and oxygen atoms in total. The summed E-state index contributed by atoms with van der Waals surface area (Å²) >= 11 is 0. The lowest BCUT2D eigenvalue weighted by atomic mass is 10.1. The van der Waals surface area contributed by atoms with Gasteiger partial charge in [0, 0.05) is 0 Å². The highest BCUT2D eigenvalue weighted by Gasteiger charge is 2.30. The molecule has 6 heteroatoms. The Bertz CT molecular complexity index is 265. The van der Waals surface area contributed by atoms with Gasteiger partial charge in [0.25, 0.3) is 0 Å². The molecule has 1 saturated heterocycles. The van der Waals surface area contributed by atoms with Gasteiger partial charge in [0.05, 0.1) is 6.54 Å². The third-order valence-corrected chi connectivity index (χ3v) is 2.28. The number of nitrogens with one attached hydrogen (secondary N) is 2. The van der Waals surface area contributed by atoms with Crippen molar-refractivity contribution in [3.8, 4) is 0 Å². The van der Waals surface area contributed by atoms with Crippen molar-refractivity contribution >= 4 is 12.1 Å². The summed E-state index contributed by atoms with van der Waals surface area (Å²) in [6.07, 6.45) is -0.849. The molecule has 0 aromatic carbocycles. The maximum atomic E-state index is 11.5. The number of hydrogen-bond acceptors (Lipinski definition) is 5. The second kappa shape index (κ2) is 4.48. The zero-order chi connectivity index (χ0) is 11.5. The molecule has 1 amide bonds. The molecule has 1 atom stereocenters. The van der Waals surface area contributed by atoms with Gasteiger partial charge in [-0.25, -0.2) is 4.79 Å². The highest BCUT2D eigenvalue weighted by atomic mass is 16.6. The summed E-state index contributed by atoms with van der Waals surface area (Å²) < 4.78 is 9.82. The normalized spacial score (nSPS) is 20.7. The Morgan fingerprint density at radius 1 is 1.73 bits per heavy atom. The molecule has 86 valence electrons. The van der Waals surface area contributed by atoms with Crippen molar-refractivity contribution in [1.29, 1.82) is 0 Å². The lowest BCUT2D eigenvalue weighted by Gasteiger charge is -2.22. The first-order valence-electron chi connectivity index (χ1n) is 4.76. The Balaban J connectivity index is 2.31. The van der Waals surface area contributed by atoms with E-state index in [-0.39, 0.29) is 18.7 Å². The van der Waals surface area contributed by atoms with E-state index in [1.807, 2.05) is 0 Å². The van der Waals surface area contributed by atoms with E-state index in [2.05, 4.69) is 10.6 Å². The zero-order valence-electron chi connectivity index (χ0n) is 9.12. The third kappa shape index (κ3) is 3.09. The second-order valence-corrected chi connectivity index (χ2v) is 3.88. The maximum absolute atomic E-state index is 11.5. The van der Waals surface area contributed by atoms with Crippen molar-refractivity contribution in [1.82, 2.24) is 10.6 Å². The standard InChI is InChI=1S/C9H16N2O4/c1-9(2,10-3)7(12)14-5-6-4-11-8(13)15-6/h6,10H,4-5H2,1-3H3,(H,11,13)/t6-/m1/s1. The first-order chi connectivity index (χ1) is 6.95. The van der Waals surface area contributed by atoms with Crippen LogP contribution in [0.3, 0.4) is 0 Å². The Labute approximate surface area is 88.3 Å². The summed E-state index contributed by atoms with van der Waals surface area (Å²) in [4.78, 5) is 22.2. The quantitative estimate of drug-likeness (QED) is 0.627. The van der Waals surface area contributed by atoms with Crippen molar-refractivity contribution in [2.45, 2.75) is 25.5 Å². The van der Waals surface area contributed by atoms with Crippen molar-refractivity contribution in [2.75, 3.05) is 20.2 Å². The fourth-order valence-corrected chi connectivity index (χ4v) is 0.976. The number of cyclic esters (lactones) is 1. The Morgan fingerprint density at radius 2 is 2.40 bits per heavy atom. The molecule has 0 bridgehead atoms. The smallest absolute Gasteiger partial charge is 0.407 e. The summed E-state index contributed by atoms with van der Waals surface area (Å²) in [5.41, 5.74) is -0.726. The van der Waals surface area contributed by atoms with Crippen LogP contribution in [0.4, 0.5) is 4.79 Å². The van der Waals surface area contributed by atoms with Gasteiger partial charge in [0.15, 0.2) is 6.10 Å². The van der Waals surface area contributed by atoms with Crippen LogP contribution < -0.4 is 10.6 Å². The maximum Gasteiger partial charge on any atom is 0.407 e. The highest BCUT2D eigenvalue weighted by molar-refractivity contribution is 5.79. The molecular formula is C9H16N2O4. The monoisotopic (exact) mass is 216 g/mol. The molecule has 1 aliphatic rings. The molecular weight excluding hydrogens is 200 g/mol. The van der Waals surface area contributed by atoms with Gasteiger partial charge in [0.1, 0.15) is 12.1 Å². The number of alkyl carbamates (subject to hydrolysis) is 1. The first-order valence-corrected chi connectivity index (χ1v) is 4.76. The summed E-state index contributed by atoms with van der Waals surface area (Å²) in [6.45, 7) is 3.90. The molecule has 0 aromatic rings. The SMILES string of the molecule is CNC(C)(C)C(=O)OC[C@H]1CNC(=O)O1. The number of amides is 1. The lowest BCUT2D eigenvalue weighted by molar-refractivity contribution is -0.152. The van der Waals surface area contributed by atoms with Gasteiger partial charge in [-0.2, -0.15) is 0 Å². The molecule has 0 radical (unpaired) electrons. The molecule has 0 saturated carbocycles. The fraction of sp³-hybridized carbons (Fsp3) is 0.778. The molecule has 0 aliphatic carbocycles. The van der Waals surface area contributed by atoms with Crippen molar-refractivity contribution in [2.24, 2.45) is 0 Å². The van der Waals surface area contributed by atoms with Crippen LogP contribution in [0, 0.1) is 0 Å². The van der Waals surface area contributed by atoms with Gasteiger partial charge in [-0.05, 0) is 20.9 Å². The van der Waals surface area contributed by atoms with Crippen LogP contribution in [0.1, 0.15) is 13.8 Å². The number of carbonyl (C=O) groups is 2. The topological polar surface area (TPSA) is 76.7 Å². The molecule has 2 N–H and O–H groups in total. The van der Waals surface area contributed by atoms with E-state index in [9.17, 15) is 9.59 Å². The van der Waals surface area contributed by atoms with Gasteiger partial charge >= 0.3 is 12.1 Å². The highest BCUT2D eigenvalue weighted by Crippen LogP contribution is 2.06. The van der Waals surface area contributed by atoms with Crippen LogP contribution in [0.15, 0.2) is 0 Å². The van der Waals surface area contributed by atoms with Crippen LogP contribution in [0.2, 0.25) is 0 Å². The van der Waals surface area contributed by atoms with Gasteiger partial charge in [-0.15, -0.1) is 0 Å². The average molecular weight is 216 g/mol. The van der Waals surface area contributed by atoms with E-state index < -0.39 is 11.6 Å². The number of likely N-dealkylation sites (N-methyl/N-ethyl adjacent to an activating group) is 1. The molecule has 1 fully saturated rings. The molecule has 0 spiro atoms. The Hall–Kier alpha value is -1.30. The number of hydrogen-bond donors (Lipinski definition) is 2. The van der Waals surface area contributed by atoms with Crippen molar-refractivity contribution < 1.29 is 19.1 Å². The molecule has 1 heterocycles. The van der Waals surface area contributed by atoms with Gasteiger partial charge in [0.2, 0.25) is 0 Å².